The lowest BCUT2D eigenvalue weighted by atomic mass is 9.54. The highest BCUT2D eigenvalue weighted by atomic mass is 19.1. The number of carbonyl (C=O) groups excluding carboxylic acids is 2. The minimum Gasteiger partial charge on any atom is -0.515 e. The van der Waals surface area contributed by atoms with Gasteiger partial charge in [0.1, 0.15) is 5.82 Å². The van der Waals surface area contributed by atoms with Gasteiger partial charge in [-0.05, 0) is 86.8 Å². The van der Waals surface area contributed by atoms with E-state index in [9.17, 15) is 24.2 Å². The summed E-state index contributed by atoms with van der Waals surface area (Å²) in [4.78, 5) is 27.7. The Morgan fingerprint density at radius 3 is 2.73 bits per heavy atom. The third kappa shape index (κ3) is 4.11. The van der Waals surface area contributed by atoms with Crippen molar-refractivity contribution in [3.8, 4) is 0 Å². The lowest BCUT2D eigenvalue weighted by Gasteiger charge is -2.49. The van der Waals surface area contributed by atoms with Crippen LogP contribution < -0.4 is 0 Å². The molecule has 0 bridgehead atoms. The number of hydrogen-bond donors (Lipinski definition) is 2. The van der Waals surface area contributed by atoms with Gasteiger partial charge in [-0.15, -0.1) is 0 Å². The molecule has 0 heterocycles. The molecule has 3 unspecified atom stereocenters. The van der Waals surface area contributed by atoms with Gasteiger partial charge in [-0.3, -0.25) is 9.59 Å². The maximum atomic E-state index is 14.5. The van der Waals surface area contributed by atoms with Gasteiger partial charge in [0.05, 0.1) is 11.9 Å². The van der Waals surface area contributed by atoms with E-state index in [1.54, 1.807) is 27.0 Å². The first-order valence-corrected chi connectivity index (χ1v) is 12.1. The van der Waals surface area contributed by atoms with E-state index in [1.165, 1.54) is 11.0 Å². The van der Waals surface area contributed by atoms with Gasteiger partial charge >= 0.3 is 0 Å². The van der Waals surface area contributed by atoms with Crippen LogP contribution in [0.3, 0.4) is 0 Å². The number of carbonyl (C=O) groups is 2. The van der Waals surface area contributed by atoms with Gasteiger partial charge in [-0.25, -0.2) is 4.39 Å². The molecular formula is C27H36FNO4. The van der Waals surface area contributed by atoms with Crippen molar-refractivity contribution in [2.75, 3.05) is 13.6 Å². The SMILES string of the molecule is CN(CC(C)(C)O)C(=O)CC[C@@H]1/C(=C/O)C(=O)[C@@]2(C)CCC3c4cccc(F)c4CCC3C12. The second-order valence-electron chi connectivity index (χ2n) is 11.2. The molecular weight excluding hydrogens is 421 g/mol. The van der Waals surface area contributed by atoms with Crippen LogP contribution in [-0.4, -0.2) is 46.0 Å². The predicted molar refractivity (Wildman–Crippen MR) is 124 cm³/mol. The van der Waals surface area contributed by atoms with Crippen LogP contribution >= 0.6 is 0 Å². The Morgan fingerprint density at radius 1 is 1.33 bits per heavy atom. The van der Waals surface area contributed by atoms with Gasteiger partial charge in [0.15, 0.2) is 5.78 Å². The van der Waals surface area contributed by atoms with E-state index in [-0.39, 0.29) is 54.1 Å². The van der Waals surface area contributed by atoms with Crippen molar-refractivity contribution in [2.45, 2.75) is 70.8 Å². The fourth-order valence-electron chi connectivity index (χ4n) is 7.15. The summed E-state index contributed by atoms with van der Waals surface area (Å²) in [7, 11) is 1.68. The van der Waals surface area contributed by atoms with Crippen LogP contribution in [0.1, 0.15) is 69.9 Å². The number of aliphatic hydroxyl groups is 2. The zero-order chi connectivity index (χ0) is 24.1. The van der Waals surface area contributed by atoms with E-state index in [1.807, 2.05) is 13.0 Å². The maximum absolute atomic E-state index is 14.5. The first kappa shape index (κ1) is 23.9. The molecule has 33 heavy (non-hydrogen) atoms. The van der Waals surface area contributed by atoms with E-state index >= 15 is 0 Å². The van der Waals surface area contributed by atoms with Gasteiger partial charge in [0, 0.05) is 31.0 Å². The lowest BCUT2D eigenvalue weighted by Crippen LogP contribution is -2.44. The number of halogens is 1. The monoisotopic (exact) mass is 457 g/mol. The summed E-state index contributed by atoms with van der Waals surface area (Å²) < 4.78 is 14.5. The number of allylic oxidation sites excluding steroid dienone is 1. The molecule has 5 atom stereocenters. The van der Waals surface area contributed by atoms with E-state index in [4.69, 9.17) is 0 Å². The molecule has 0 saturated heterocycles. The second kappa shape index (κ2) is 8.53. The van der Waals surface area contributed by atoms with Crippen molar-refractivity contribution in [2.24, 2.45) is 23.2 Å². The molecule has 3 aliphatic carbocycles. The molecule has 0 spiro atoms. The summed E-state index contributed by atoms with van der Waals surface area (Å²) in [6.07, 6.45) is 4.69. The largest absolute Gasteiger partial charge is 0.515 e. The van der Waals surface area contributed by atoms with Crippen LogP contribution in [0, 0.1) is 29.0 Å². The molecule has 2 saturated carbocycles. The van der Waals surface area contributed by atoms with Crippen molar-refractivity contribution in [3.05, 3.63) is 47.0 Å². The molecule has 0 aliphatic heterocycles. The highest BCUT2D eigenvalue weighted by Gasteiger charge is 2.60. The van der Waals surface area contributed by atoms with Crippen molar-refractivity contribution in [1.29, 1.82) is 0 Å². The normalized spacial score (nSPS) is 32.3. The molecule has 0 radical (unpaired) electrons. The average molecular weight is 458 g/mol. The first-order valence-electron chi connectivity index (χ1n) is 12.1. The molecule has 1 amide bonds. The molecule has 4 rings (SSSR count). The predicted octanol–water partition coefficient (Wildman–Crippen LogP) is 4.54. The fourth-order valence-corrected chi connectivity index (χ4v) is 7.15. The summed E-state index contributed by atoms with van der Waals surface area (Å²) in [6, 6.07) is 5.33. The number of fused-ring (bicyclic) bond motifs is 5. The first-order chi connectivity index (χ1) is 15.5. The topological polar surface area (TPSA) is 77.8 Å². The van der Waals surface area contributed by atoms with Crippen molar-refractivity contribution in [1.82, 2.24) is 4.90 Å². The molecule has 2 fully saturated rings. The molecule has 180 valence electrons. The zero-order valence-corrected chi connectivity index (χ0v) is 20.1. The summed E-state index contributed by atoms with van der Waals surface area (Å²) in [5.41, 5.74) is 0.773. The van der Waals surface area contributed by atoms with Gasteiger partial charge in [0.2, 0.25) is 5.91 Å². The molecule has 1 aromatic rings. The highest BCUT2D eigenvalue weighted by Crippen LogP contribution is 2.63. The Bertz CT molecular complexity index is 981. The minimum absolute atomic E-state index is 0.000726. The third-order valence-electron chi connectivity index (χ3n) is 8.44. The van der Waals surface area contributed by atoms with Gasteiger partial charge in [-0.2, -0.15) is 0 Å². The summed E-state index contributed by atoms with van der Waals surface area (Å²) >= 11 is 0. The molecule has 3 aliphatic rings. The summed E-state index contributed by atoms with van der Waals surface area (Å²) in [6.45, 7) is 5.57. The van der Waals surface area contributed by atoms with Gasteiger partial charge in [0.25, 0.3) is 0 Å². The number of amides is 1. The third-order valence-corrected chi connectivity index (χ3v) is 8.44. The van der Waals surface area contributed by atoms with Crippen LogP contribution in [0.25, 0.3) is 0 Å². The number of rotatable bonds is 5. The summed E-state index contributed by atoms with van der Waals surface area (Å²) in [5.74, 6) is 0.00771. The number of benzene rings is 1. The van der Waals surface area contributed by atoms with Crippen LogP contribution in [0.5, 0.6) is 0 Å². The average Bonchev–Trinajstić information content (AvgIpc) is 2.97. The van der Waals surface area contributed by atoms with E-state index in [0.717, 1.165) is 30.2 Å². The number of hydrogen-bond acceptors (Lipinski definition) is 4. The van der Waals surface area contributed by atoms with Gasteiger partial charge in [-0.1, -0.05) is 19.1 Å². The fraction of sp³-hybridized carbons (Fsp3) is 0.630. The number of aliphatic hydroxyl groups excluding tert-OH is 1. The summed E-state index contributed by atoms with van der Waals surface area (Å²) in [5, 5.41) is 20.1. The molecule has 0 aromatic heterocycles. The van der Waals surface area contributed by atoms with Crippen molar-refractivity contribution in [3.63, 3.8) is 0 Å². The van der Waals surface area contributed by atoms with Gasteiger partial charge < -0.3 is 15.1 Å². The Morgan fingerprint density at radius 2 is 2.06 bits per heavy atom. The molecule has 2 N–H and O–H groups in total. The molecule has 6 heteroatoms. The van der Waals surface area contributed by atoms with Crippen molar-refractivity contribution >= 4 is 11.7 Å². The number of ketones is 1. The van der Waals surface area contributed by atoms with E-state index < -0.39 is 11.0 Å². The second-order valence-corrected chi connectivity index (χ2v) is 11.2. The van der Waals surface area contributed by atoms with Crippen LogP contribution in [-0.2, 0) is 16.0 Å². The van der Waals surface area contributed by atoms with Crippen LogP contribution in [0.4, 0.5) is 4.39 Å². The molecule has 5 nitrogen and oxygen atoms in total. The maximum Gasteiger partial charge on any atom is 0.222 e. The Kier molecular flexibility index (Phi) is 6.19. The Balaban J connectivity index is 1.61. The Labute approximate surface area is 195 Å². The number of Topliss-reactive ketones (excluding diaryl/α,β-unsaturated/α-hetero) is 1. The van der Waals surface area contributed by atoms with Crippen molar-refractivity contribution < 1.29 is 24.2 Å². The number of nitrogens with zero attached hydrogens (tertiary/aromatic N) is 1. The van der Waals surface area contributed by atoms with Crippen LogP contribution in [0.15, 0.2) is 30.0 Å². The van der Waals surface area contributed by atoms with Crippen LogP contribution in [0.2, 0.25) is 0 Å². The Hall–Kier alpha value is -2.21. The van der Waals surface area contributed by atoms with E-state index in [0.29, 0.717) is 24.8 Å². The highest BCUT2D eigenvalue weighted by molar-refractivity contribution is 6.03. The quantitative estimate of drug-likeness (QED) is 0.503. The lowest BCUT2D eigenvalue weighted by molar-refractivity contribution is -0.133. The minimum atomic E-state index is -0.982. The molecule has 1 aromatic carbocycles. The smallest absolute Gasteiger partial charge is 0.222 e. The van der Waals surface area contributed by atoms with E-state index in [2.05, 4.69) is 0 Å². The zero-order valence-electron chi connectivity index (χ0n) is 20.1. The number of likely N-dealkylation sites (N-methyl/N-ethyl adjacent to an activating group) is 1. The standard InChI is InChI=1S/C27H36FNO4/c1-26(2,33)15-29(4)23(31)11-10-20-21(14-30)25(32)27(3)13-12-17-16-6-5-7-22(28)18(16)8-9-19(17)24(20)27/h5-7,14,17,19-20,24,30,33H,8-13,15H2,1-4H3/b21-14-/t17?,19?,20-,24?,27+/m1/s1.